The fourth-order valence-corrected chi connectivity index (χ4v) is 2.29. The van der Waals surface area contributed by atoms with Gasteiger partial charge in [0.1, 0.15) is 19.5 Å². The van der Waals surface area contributed by atoms with Crippen molar-refractivity contribution in [2.45, 2.75) is 27.4 Å². The number of Topliss-reactive ketones (excluding diaryl/α,β-unsaturated/α-hetero) is 1. The zero-order chi connectivity index (χ0) is 16.8. The van der Waals surface area contributed by atoms with Gasteiger partial charge in [-0.2, -0.15) is 0 Å². The van der Waals surface area contributed by atoms with Crippen molar-refractivity contribution in [1.29, 1.82) is 0 Å². The minimum atomic E-state index is -0.147. The number of carbonyl (C=O) groups excluding carboxylic acids is 1. The standard InChI is InChI=1S/C19H21NO3/c1-13-9-10-14(2)18(11-13)23-12-16-7-5-6-8-17(16)19(15(3)21)20-22-4/h5-11H,12H2,1-4H3/b20-19-. The normalized spacial score (nSPS) is 11.2. The Morgan fingerprint density at radius 3 is 2.57 bits per heavy atom. The smallest absolute Gasteiger partial charge is 0.182 e. The van der Waals surface area contributed by atoms with Gasteiger partial charge in [-0.3, -0.25) is 4.79 Å². The molecule has 0 heterocycles. The predicted molar refractivity (Wildman–Crippen MR) is 90.9 cm³/mol. The lowest BCUT2D eigenvalue weighted by Gasteiger charge is -2.13. The molecule has 120 valence electrons. The van der Waals surface area contributed by atoms with E-state index < -0.39 is 0 Å². The van der Waals surface area contributed by atoms with E-state index >= 15 is 0 Å². The molecule has 0 saturated heterocycles. The molecule has 0 bridgehead atoms. The summed E-state index contributed by atoms with van der Waals surface area (Å²) in [5.74, 6) is 0.693. The highest BCUT2D eigenvalue weighted by Crippen LogP contribution is 2.21. The average Bonchev–Trinajstić information content (AvgIpc) is 2.53. The first-order valence-electron chi connectivity index (χ1n) is 7.43. The molecule has 4 heteroatoms. The first-order chi connectivity index (χ1) is 11.0. The van der Waals surface area contributed by atoms with E-state index in [2.05, 4.69) is 11.2 Å². The summed E-state index contributed by atoms with van der Waals surface area (Å²) in [5.41, 5.74) is 4.13. The highest BCUT2D eigenvalue weighted by Gasteiger charge is 2.15. The lowest BCUT2D eigenvalue weighted by molar-refractivity contribution is -0.111. The summed E-state index contributed by atoms with van der Waals surface area (Å²) >= 11 is 0. The van der Waals surface area contributed by atoms with Crippen LogP contribution in [0.5, 0.6) is 5.75 Å². The van der Waals surface area contributed by atoms with E-state index in [9.17, 15) is 4.79 Å². The number of carbonyl (C=O) groups is 1. The maximum absolute atomic E-state index is 11.8. The number of aryl methyl sites for hydroxylation is 2. The average molecular weight is 311 g/mol. The SMILES string of the molecule is CO/N=C(/C(C)=O)c1ccccc1COc1cc(C)ccc1C. The van der Waals surface area contributed by atoms with E-state index in [0.717, 1.165) is 28.0 Å². The number of ether oxygens (including phenoxy) is 1. The third-order valence-electron chi connectivity index (χ3n) is 3.52. The minimum absolute atomic E-state index is 0.147. The second-order valence-corrected chi connectivity index (χ2v) is 5.39. The Morgan fingerprint density at radius 1 is 1.13 bits per heavy atom. The fourth-order valence-electron chi connectivity index (χ4n) is 2.29. The van der Waals surface area contributed by atoms with Crippen molar-refractivity contribution in [3.05, 3.63) is 64.7 Å². The summed E-state index contributed by atoms with van der Waals surface area (Å²) in [4.78, 5) is 16.6. The second-order valence-electron chi connectivity index (χ2n) is 5.39. The molecule has 0 saturated carbocycles. The molecule has 23 heavy (non-hydrogen) atoms. The van der Waals surface area contributed by atoms with Gasteiger partial charge in [0, 0.05) is 12.5 Å². The van der Waals surface area contributed by atoms with E-state index in [-0.39, 0.29) is 5.78 Å². The van der Waals surface area contributed by atoms with Crippen LogP contribution in [0.25, 0.3) is 0 Å². The highest BCUT2D eigenvalue weighted by atomic mass is 16.6. The molecule has 0 aliphatic rings. The van der Waals surface area contributed by atoms with Crippen LogP contribution < -0.4 is 4.74 Å². The molecule has 0 unspecified atom stereocenters. The summed E-state index contributed by atoms with van der Waals surface area (Å²) in [6, 6.07) is 13.6. The van der Waals surface area contributed by atoms with Gasteiger partial charge >= 0.3 is 0 Å². The Hall–Kier alpha value is -2.62. The lowest BCUT2D eigenvalue weighted by Crippen LogP contribution is -2.15. The van der Waals surface area contributed by atoms with E-state index in [1.54, 1.807) is 0 Å². The van der Waals surface area contributed by atoms with Gasteiger partial charge in [0.15, 0.2) is 11.5 Å². The number of hydrogen-bond donors (Lipinski definition) is 0. The zero-order valence-electron chi connectivity index (χ0n) is 13.9. The van der Waals surface area contributed by atoms with Gasteiger partial charge < -0.3 is 9.57 Å². The number of nitrogens with zero attached hydrogens (tertiary/aromatic N) is 1. The molecule has 0 aliphatic heterocycles. The van der Waals surface area contributed by atoms with Crippen molar-refractivity contribution in [3.63, 3.8) is 0 Å². The van der Waals surface area contributed by atoms with Crippen LogP contribution in [0.15, 0.2) is 47.6 Å². The number of hydrogen-bond acceptors (Lipinski definition) is 4. The molecular weight excluding hydrogens is 290 g/mol. The highest BCUT2D eigenvalue weighted by molar-refractivity contribution is 6.45. The van der Waals surface area contributed by atoms with Gasteiger partial charge in [-0.1, -0.05) is 41.6 Å². The van der Waals surface area contributed by atoms with Crippen LogP contribution in [0.3, 0.4) is 0 Å². The Kier molecular flexibility index (Phi) is 5.52. The van der Waals surface area contributed by atoms with Gasteiger partial charge in [0.2, 0.25) is 0 Å². The summed E-state index contributed by atoms with van der Waals surface area (Å²) < 4.78 is 5.95. The van der Waals surface area contributed by atoms with Gasteiger partial charge in [0.25, 0.3) is 0 Å². The Balaban J connectivity index is 2.29. The molecule has 0 amide bonds. The molecular formula is C19H21NO3. The van der Waals surface area contributed by atoms with Crippen molar-refractivity contribution < 1.29 is 14.4 Å². The topological polar surface area (TPSA) is 47.9 Å². The summed E-state index contributed by atoms with van der Waals surface area (Å²) in [7, 11) is 1.43. The molecule has 2 aromatic carbocycles. The lowest BCUT2D eigenvalue weighted by atomic mass is 10.0. The predicted octanol–water partition coefficient (Wildman–Crippen LogP) is 3.82. The molecule has 0 atom stereocenters. The summed E-state index contributed by atoms with van der Waals surface area (Å²) in [6.45, 7) is 5.87. The van der Waals surface area contributed by atoms with Gasteiger partial charge in [-0.25, -0.2) is 0 Å². The third kappa shape index (κ3) is 4.19. The van der Waals surface area contributed by atoms with Crippen molar-refractivity contribution in [2.75, 3.05) is 7.11 Å². The van der Waals surface area contributed by atoms with E-state index in [1.165, 1.54) is 14.0 Å². The number of rotatable bonds is 6. The van der Waals surface area contributed by atoms with Gasteiger partial charge in [-0.15, -0.1) is 0 Å². The van der Waals surface area contributed by atoms with Crippen molar-refractivity contribution in [1.82, 2.24) is 0 Å². The molecule has 0 N–H and O–H groups in total. The first kappa shape index (κ1) is 16.7. The fraction of sp³-hybridized carbons (Fsp3) is 0.263. The Bertz CT molecular complexity index is 735. The molecule has 4 nitrogen and oxygen atoms in total. The van der Waals surface area contributed by atoms with Crippen molar-refractivity contribution in [3.8, 4) is 5.75 Å². The zero-order valence-corrected chi connectivity index (χ0v) is 13.9. The quantitative estimate of drug-likeness (QED) is 0.602. The molecule has 0 spiro atoms. The molecule has 2 rings (SSSR count). The van der Waals surface area contributed by atoms with Crippen molar-refractivity contribution >= 4 is 11.5 Å². The van der Waals surface area contributed by atoms with E-state index in [1.807, 2.05) is 50.2 Å². The van der Waals surface area contributed by atoms with Crippen molar-refractivity contribution in [2.24, 2.45) is 5.16 Å². The monoisotopic (exact) mass is 311 g/mol. The maximum atomic E-state index is 11.8. The number of oxime groups is 1. The number of ketones is 1. The number of benzene rings is 2. The van der Waals surface area contributed by atoms with Crippen LogP contribution in [0.1, 0.15) is 29.2 Å². The minimum Gasteiger partial charge on any atom is -0.489 e. The van der Waals surface area contributed by atoms with E-state index in [4.69, 9.17) is 9.57 Å². The van der Waals surface area contributed by atoms with Crippen LogP contribution in [0.2, 0.25) is 0 Å². The summed E-state index contributed by atoms with van der Waals surface area (Å²) in [5, 5.41) is 3.85. The van der Waals surface area contributed by atoms with Crippen LogP contribution in [-0.2, 0) is 16.2 Å². The van der Waals surface area contributed by atoms with E-state index in [0.29, 0.717) is 12.3 Å². The van der Waals surface area contributed by atoms with Gasteiger partial charge in [-0.05, 0) is 36.6 Å². The Labute approximate surface area is 136 Å². The summed E-state index contributed by atoms with van der Waals surface area (Å²) in [6.07, 6.45) is 0. The largest absolute Gasteiger partial charge is 0.489 e. The van der Waals surface area contributed by atoms with Crippen LogP contribution in [0, 0.1) is 13.8 Å². The van der Waals surface area contributed by atoms with Crippen LogP contribution in [-0.4, -0.2) is 18.6 Å². The Morgan fingerprint density at radius 2 is 1.87 bits per heavy atom. The first-order valence-corrected chi connectivity index (χ1v) is 7.43. The third-order valence-corrected chi connectivity index (χ3v) is 3.52. The molecule has 0 fully saturated rings. The van der Waals surface area contributed by atoms with Gasteiger partial charge in [0.05, 0.1) is 0 Å². The molecule has 2 aromatic rings. The maximum Gasteiger partial charge on any atom is 0.182 e. The molecule has 0 aromatic heterocycles. The molecule has 0 aliphatic carbocycles. The van der Waals surface area contributed by atoms with Crippen LogP contribution in [0.4, 0.5) is 0 Å². The molecule has 0 radical (unpaired) electrons. The second kappa shape index (κ2) is 7.58. The van der Waals surface area contributed by atoms with Crippen LogP contribution >= 0.6 is 0 Å².